The molecule has 0 aliphatic rings. The largest absolute Gasteiger partial charge is 0.477 e. The van der Waals surface area contributed by atoms with Crippen molar-refractivity contribution in [3.63, 3.8) is 0 Å². The van der Waals surface area contributed by atoms with Crippen molar-refractivity contribution in [2.75, 3.05) is 41.0 Å². The molecule has 2 atom stereocenters. The van der Waals surface area contributed by atoms with Crippen LogP contribution in [0.5, 0.6) is 0 Å². The van der Waals surface area contributed by atoms with E-state index in [-0.39, 0.29) is 42.7 Å². The van der Waals surface area contributed by atoms with Crippen molar-refractivity contribution in [1.82, 2.24) is 0 Å². The monoisotopic (exact) mass is 837 g/mol. The van der Waals surface area contributed by atoms with Gasteiger partial charge in [-0.3, -0.25) is 9.59 Å². The van der Waals surface area contributed by atoms with Gasteiger partial charge in [0.1, 0.15) is 6.61 Å². The molecule has 340 valence electrons. The van der Waals surface area contributed by atoms with Gasteiger partial charge in [0, 0.05) is 19.3 Å². The highest BCUT2D eigenvalue weighted by atomic mass is 16.6. The van der Waals surface area contributed by atoms with E-state index in [9.17, 15) is 19.5 Å². The van der Waals surface area contributed by atoms with Gasteiger partial charge in [-0.15, -0.1) is 0 Å². The van der Waals surface area contributed by atoms with Crippen LogP contribution in [0, 0.1) is 0 Å². The van der Waals surface area contributed by atoms with Crippen molar-refractivity contribution in [3.05, 3.63) is 97.2 Å². The smallest absolute Gasteiger partial charge is 0.362 e. The zero-order valence-electron chi connectivity index (χ0n) is 38.6. The molecule has 0 saturated heterocycles. The van der Waals surface area contributed by atoms with Crippen LogP contribution < -0.4 is 0 Å². The Kier molecular flexibility index (Phi) is 39.3. The maximum Gasteiger partial charge on any atom is 0.362 e. The molecule has 0 aromatic carbocycles. The van der Waals surface area contributed by atoms with Crippen LogP contribution in [0.4, 0.5) is 0 Å². The SMILES string of the molecule is CC/C=C/C/C=C/C/C=C/C/C=C/C/C=C/CCC(=O)OCC(COCCC(C(=O)O)[N+](C)(C)C)OC(=O)CCCCCCCCCCCC/C=C/C/C=C/C/C=C/CC. The highest BCUT2D eigenvalue weighted by Crippen LogP contribution is 2.14. The molecule has 0 bridgehead atoms. The summed E-state index contributed by atoms with van der Waals surface area (Å²) in [6, 6.07) is -0.631. The number of aliphatic carboxylic acids is 1. The predicted molar refractivity (Wildman–Crippen MR) is 252 cm³/mol. The molecule has 0 rings (SSSR count). The van der Waals surface area contributed by atoms with E-state index in [1.807, 2.05) is 33.3 Å². The number of esters is 2. The lowest BCUT2D eigenvalue weighted by molar-refractivity contribution is -0.887. The van der Waals surface area contributed by atoms with E-state index in [1.54, 1.807) is 0 Å². The lowest BCUT2D eigenvalue weighted by Crippen LogP contribution is -2.50. The van der Waals surface area contributed by atoms with Gasteiger partial charge in [0.05, 0.1) is 34.4 Å². The summed E-state index contributed by atoms with van der Waals surface area (Å²) >= 11 is 0. The second kappa shape index (κ2) is 42.0. The topological polar surface area (TPSA) is 99.1 Å². The highest BCUT2D eigenvalue weighted by Gasteiger charge is 2.31. The number of allylic oxidation sites excluding steroid dienone is 16. The number of quaternary nitrogens is 1. The lowest BCUT2D eigenvalue weighted by atomic mass is 10.0. The Balaban J connectivity index is 4.41. The Bertz CT molecular complexity index is 1300. The minimum atomic E-state index is -0.889. The van der Waals surface area contributed by atoms with Crippen molar-refractivity contribution >= 4 is 17.9 Å². The Morgan fingerprint density at radius 2 is 0.917 bits per heavy atom. The summed E-state index contributed by atoms with van der Waals surface area (Å²) in [4.78, 5) is 37.0. The van der Waals surface area contributed by atoms with Crippen LogP contribution >= 0.6 is 0 Å². The van der Waals surface area contributed by atoms with E-state index in [0.29, 0.717) is 19.3 Å². The van der Waals surface area contributed by atoms with Crippen molar-refractivity contribution < 1.29 is 38.2 Å². The molecule has 0 aliphatic carbocycles. The Morgan fingerprint density at radius 3 is 1.37 bits per heavy atom. The molecule has 0 spiro atoms. The summed E-state index contributed by atoms with van der Waals surface area (Å²) in [7, 11) is 5.50. The summed E-state index contributed by atoms with van der Waals surface area (Å²) in [6.07, 6.45) is 56.1. The van der Waals surface area contributed by atoms with Gasteiger partial charge in [-0.2, -0.15) is 0 Å². The third-order valence-corrected chi connectivity index (χ3v) is 9.74. The summed E-state index contributed by atoms with van der Waals surface area (Å²) in [5, 5.41) is 9.63. The van der Waals surface area contributed by atoms with E-state index >= 15 is 0 Å². The van der Waals surface area contributed by atoms with E-state index in [0.717, 1.165) is 70.6 Å². The average Bonchev–Trinajstić information content (AvgIpc) is 3.21. The lowest BCUT2D eigenvalue weighted by Gasteiger charge is -2.31. The zero-order valence-corrected chi connectivity index (χ0v) is 38.6. The van der Waals surface area contributed by atoms with Crippen LogP contribution in [-0.4, -0.2) is 80.6 Å². The first-order valence-electron chi connectivity index (χ1n) is 23.3. The molecule has 0 aliphatic heterocycles. The van der Waals surface area contributed by atoms with Crippen LogP contribution in [-0.2, 0) is 28.6 Å². The van der Waals surface area contributed by atoms with E-state index in [4.69, 9.17) is 14.2 Å². The quantitative estimate of drug-likeness (QED) is 0.0284. The standard InChI is InChI=1S/C52H85NO7/c1-6-8-10-12-14-16-18-20-22-24-25-26-27-29-31-33-35-37-39-41-43-51(55)60-48(46-58-45-44-49(52(56)57)53(3,4)5)47-59-50(54)42-40-38-36-34-32-30-28-23-21-19-17-15-13-11-9-7-2/h8-11,14-17,20-23,30,32,36,38,48-49H,6-7,12-13,18-19,24-29,31,33-35,37,39-47H2,1-5H3/p+1/b10-8+,11-9+,16-14+,17-15+,22-20+,23-21+,32-30+,38-36+. The fraction of sp³-hybridized carbons (Fsp3) is 0.635. The summed E-state index contributed by atoms with van der Waals surface area (Å²) in [5.74, 6) is -1.59. The second-order valence-corrected chi connectivity index (χ2v) is 16.2. The van der Waals surface area contributed by atoms with Gasteiger partial charge < -0.3 is 23.8 Å². The van der Waals surface area contributed by atoms with Crippen LogP contribution in [0.2, 0.25) is 0 Å². The number of hydrogen-bond acceptors (Lipinski definition) is 6. The first-order chi connectivity index (χ1) is 29.1. The number of carboxylic acids is 1. The van der Waals surface area contributed by atoms with E-state index in [2.05, 4.69) is 98.9 Å². The fourth-order valence-corrected chi connectivity index (χ4v) is 6.21. The first-order valence-corrected chi connectivity index (χ1v) is 23.3. The van der Waals surface area contributed by atoms with Crippen LogP contribution in [0.25, 0.3) is 0 Å². The molecule has 60 heavy (non-hydrogen) atoms. The molecule has 0 radical (unpaired) electrons. The number of nitrogens with zero attached hydrogens (tertiary/aromatic N) is 1. The second-order valence-electron chi connectivity index (χ2n) is 16.2. The Morgan fingerprint density at radius 1 is 0.500 bits per heavy atom. The number of ether oxygens (including phenoxy) is 3. The minimum Gasteiger partial charge on any atom is -0.477 e. The molecule has 0 heterocycles. The maximum absolute atomic E-state index is 12.8. The van der Waals surface area contributed by atoms with Gasteiger partial charge in [-0.05, 0) is 77.0 Å². The average molecular weight is 837 g/mol. The molecule has 2 unspecified atom stereocenters. The van der Waals surface area contributed by atoms with E-state index < -0.39 is 18.1 Å². The van der Waals surface area contributed by atoms with Gasteiger partial charge in [0.25, 0.3) is 0 Å². The number of unbranched alkanes of at least 4 members (excludes halogenated alkanes) is 10. The molecule has 0 aromatic heterocycles. The highest BCUT2D eigenvalue weighted by molar-refractivity contribution is 5.72. The number of carboxylic acid groups (broad SMARTS) is 1. The summed E-state index contributed by atoms with van der Waals surface area (Å²) in [5.41, 5.74) is 0. The van der Waals surface area contributed by atoms with Crippen molar-refractivity contribution in [1.29, 1.82) is 0 Å². The minimum absolute atomic E-state index is 0.0308. The van der Waals surface area contributed by atoms with Gasteiger partial charge in [-0.25, -0.2) is 4.79 Å². The van der Waals surface area contributed by atoms with Gasteiger partial charge in [0.15, 0.2) is 12.1 Å². The van der Waals surface area contributed by atoms with Gasteiger partial charge >= 0.3 is 17.9 Å². The maximum atomic E-state index is 12.8. The number of likely N-dealkylation sites (N-methyl/N-ethyl adjacent to an activating group) is 1. The third-order valence-electron chi connectivity index (χ3n) is 9.74. The molecule has 0 saturated carbocycles. The number of carbonyl (C=O) groups is 3. The molecule has 8 nitrogen and oxygen atoms in total. The predicted octanol–water partition coefficient (Wildman–Crippen LogP) is 13.1. The molecule has 0 fully saturated rings. The first kappa shape index (κ1) is 56.2. The van der Waals surface area contributed by atoms with Gasteiger partial charge in [0.2, 0.25) is 0 Å². The van der Waals surface area contributed by atoms with Crippen LogP contribution in [0.1, 0.15) is 162 Å². The Labute approximate surface area is 366 Å². The summed E-state index contributed by atoms with van der Waals surface area (Å²) in [6.45, 7) is 4.42. The molecule has 0 amide bonds. The van der Waals surface area contributed by atoms with E-state index in [1.165, 1.54) is 51.4 Å². The number of rotatable bonds is 40. The van der Waals surface area contributed by atoms with Crippen molar-refractivity contribution in [2.24, 2.45) is 0 Å². The molecular formula is C52H86NO7+. The van der Waals surface area contributed by atoms with Crippen LogP contribution in [0.3, 0.4) is 0 Å². The molecular weight excluding hydrogens is 751 g/mol. The molecule has 0 aromatic rings. The fourth-order valence-electron chi connectivity index (χ4n) is 6.21. The molecule has 8 heteroatoms. The zero-order chi connectivity index (χ0) is 44.2. The van der Waals surface area contributed by atoms with Crippen molar-refractivity contribution in [2.45, 2.75) is 174 Å². The normalized spacial score (nSPS) is 13.8. The number of carbonyl (C=O) groups excluding carboxylic acids is 2. The van der Waals surface area contributed by atoms with Crippen molar-refractivity contribution in [3.8, 4) is 0 Å². The summed E-state index contributed by atoms with van der Waals surface area (Å²) < 4.78 is 17.2. The third kappa shape index (κ3) is 39.7. The van der Waals surface area contributed by atoms with Crippen LogP contribution in [0.15, 0.2) is 97.2 Å². The number of hydrogen-bond donors (Lipinski definition) is 1. The Hall–Kier alpha value is -3.75. The van der Waals surface area contributed by atoms with Gasteiger partial charge in [-0.1, -0.05) is 162 Å². The molecule has 1 N–H and O–H groups in total.